The van der Waals surface area contributed by atoms with E-state index in [2.05, 4.69) is 15.9 Å². The Balaban J connectivity index is 3.36. The van der Waals surface area contributed by atoms with Gasteiger partial charge in [-0.2, -0.15) is 0 Å². The van der Waals surface area contributed by atoms with E-state index in [9.17, 15) is 12.8 Å². The van der Waals surface area contributed by atoms with Crippen molar-refractivity contribution in [2.24, 2.45) is 5.14 Å². The zero-order valence-corrected chi connectivity index (χ0v) is 8.90. The Morgan fingerprint density at radius 1 is 1.46 bits per heavy atom. The smallest absolute Gasteiger partial charge is 0.225 e. The standard InChI is InChI=1S/C7H7BrFNO2S/c8-4-5-1-2-6(9)7(3-5)13(10,11)12/h1-3H,4H2,(H2,10,11,12). The molecule has 0 heterocycles. The lowest BCUT2D eigenvalue weighted by atomic mass is 10.2. The molecule has 0 amide bonds. The Hall–Kier alpha value is -0.460. The summed E-state index contributed by atoms with van der Waals surface area (Å²) in [5, 5.41) is 5.25. The number of primary sulfonamides is 1. The van der Waals surface area contributed by atoms with Crippen molar-refractivity contribution in [1.29, 1.82) is 0 Å². The molecule has 0 aromatic heterocycles. The SMILES string of the molecule is NS(=O)(=O)c1cc(CBr)ccc1F. The zero-order chi connectivity index (χ0) is 10.1. The second-order valence-electron chi connectivity index (χ2n) is 2.44. The predicted molar refractivity (Wildman–Crippen MR) is 50.4 cm³/mol. The molecule has 3 nitrogen and oxygen atoms in total. The minimum atomic E-state index is -3.96. The van der Waals surface area contributed by atoms with Crippen molar-refractivity contribution in [2.45, 2.75) is 10.2 Å². The summed E-state index contributed by atoms with van der Waals surface area (Å²) < 4.78 is 34.6. The molecule has 0 aliphatic carbocycles. The molecule has 6 heteroatoms. The highest BCUT2D eigenvalue weighted by Gasteiger charge is 2.14. The largest absolute Gasteiger partial charge is 0.240 e. The first-order chi connectivity index (χ1) is 5.95. The second kappa shape index (κ2) is 3.73. The van der Waals surface area contributed by atoms with E-state index in [1.54, 1.807) is 0 Å². The normalized spacial score (nSPS) is 11.6. The van der Waals surface area contributed by atoms with Crippen molar-refractivity contribution in [3.8, 4) is 0 Å². The summed E-state index contributed by atoms with van der Waals surface area (Å²) in [6, 6.07) is 3.77. The second-order valence-corrected chi connectivity index (χ2v) is 4.53. The first-order valence-electron chi connectivity index (χ1n) is 3.32. The molecule has 1 aromatic rings. The van der Waals surface area contributed by atoms with Crippen molar-refractivity contribution in [1.82, 2.24) is 0 Å². The van der Waals surface area contributed by atoms with Crippen LogP contribution in [0.4, 0.5) is 4.39 Å². The van der Waals surface area contributed by atoms with Crippen LogP contribution in [0.1, 0.15) is 5.56 Å². The molecule has 1 aromatic carbocycles. The van der Waals surface area contributed by atoms with Crippen molar-refractivity contribution < 1.29 is 12.8 Å². The number of rotatable bonds is 2. The van der Waals surface area contributed by atoms with E-state index in [1.165, 1.54) is 12.1 Å². The summed E-state index contributed by atoms with van der Waals surface area (Å²) in [6.07, 6.45) is 0. The average molecular weight is 268 g/mol. The number of halogens is 2. The lowest BCUT2D eigenvalue weighted by Crippen LogP contribution is -2.14. The fourth-order valence-electron chi connectivity index (χ4n) is 0.849. The van der Waals surface area contributed by atoms with Crippen LogP contribution in [0.25, 0.3) is 0 Å². The highest BCUT2D eigenvalue weighted by molar-refractivity contribution is 9.08. The molecule has 0 aliphatic rings. The fourth-order valence-corrected chi connectivity index (χ4v) is 1.85. The molecule has 0 bridgehead atoms. The molecule has 0 saturated heterocycles. The Morgan fingerprint density at radius 3 is 2.54 bits per heavy atom. The van der Waals surface area contributed by atoms with Crippen LogP contribution in [0, 0.1) is 5.82 Å². The maximum absolute atomic E-state index is 12.9. The van der Waals surface area contributed by atoms with E-state index in [0.29, 0.717) is 10.9 Å². The third kappa shape index (κ3) is 2.49. The minimum absolute atomic E-state index is 0.454. The van der Waals surface area contributed by atoms with Gasteiger partial charge in [0.1, 0.15) is 10.7 Å². The van der Waals surface area contributed by atoms with Gasteiger partial charge in [0.25, 0.3) is 0 Å². The monoisotopic (exact) mass is 267 g/mol. The van der Waals surface area contributed by atoms with Gasteiger partial charge in [-0.25, -0.2) is 17.9 Å². The van der Waals surface area contributed by atoms with Gasteiger partial charge in [0.05, 0.1) is 0 Å². The van der Waals surface area contributed by atoms with Gasteiger partial charge in [-0.3, -0.25) is 0 Å². The van der Waals surface area contributed by atoms with E-state index >= 15 is 0 Å². The summed E-state index contributed by atoms with van der Waals surface area (Å²) in [5.41, 5.74) is 0.658. The van der Waals surface area contributed by atoms with Crippen LogP contribution in [0.2, 0.25) is 0 Å². The Labute approximate surface area is 83.9 Å². The van der Waals surface area contributed by atoms with Crippen LogP contribution in [-0.2, 0) is 15.4 Å². The highest BCUT2D eigenvalue weighted by Crippen LogP contribution is 2.16. The predicted octanol–water partition coefficient (Wildman–Crippen LogP) is 1.37. The van der Waals surface area contributed by atoms with Crippen LogP contribution in [0.3, 0.4) is 0 Å². The molecule has 0 aliphatic heterocycles. The minimum Gasteiger partial charge on any atom is -0.225 e. The maximum atomic E-state index is 12.9. The summed E-state index contributed by atoms with van der Waals surface area (Å²) in [7, 11) is -3.96. The van der Waals surface area contributed by atoms with Crippen LogP contribution >= 0.6 is 15.9 Å². The van der Waals surface area contributed by atoms with Gasteiger partial charge in [0.2, 0.25) is 10.0 Å². The topological polar surface area (TPSA) is 60.2 Å². The molecule has 0 atom stereocenters. The average Bonchev–Trinajstić information content (AvgIpc) is 2.03. The Morgan fingerprint density at radius 2 is 2.08 bits per heavy atom. The lowest BCUT2D eigenvalue weighted by Gasteiger charge is -2.01. The van der Waals surface area contributed by atoms with Crippen molar-refractivity contribution in [3.63, 3.8) is 0 Å². The van der Waals surface area contributed by atoms with E-state index in [-0.39, 0.29) is 0 Å². The van der Waals surface area contributed by atoms with E-state index in [1.807, 2.05) is 0 Å². The lowest BCUT2D eigenvalue weighted by molar-refractivity contribution is 0.567. The van der Waals surface area contributed by atoms with E-state index < -0.39 is 20.7 Å². The van der Waals surface area contributed by atoms with Crippen LogP contribution < -0.4 is 5.14 Å². The van der Waals surface area contributed by atoms with E-state index in [0.717, 1.165) is 6.07 Å². The quantitative estimate of drug-likeness (QED) is 0.823. The summed E-state index contributed by atoms with van der Waals surface area (Å²) in [5.74, 6) is -0.827. The van der Waals surface area contributed by atoms with Gasteiger partial charge in [0.15, 0.2) is 0 Å². The number of nitrogens with two attached hydrogens (primary N) is 1. The summed E-state index contributed by atoms with van der Waals surface area (Å²) >= 11 is 3.12. The molecule has 0 radical (unpaired) electrons. The van der Waals surface area contributed by atoms with Crippen LogP contribution in [0.15, 0.2) is 23.1 Å². The summed E-state index contributed by atoms with van der Waals surface area (Å²) in [6.45, 7) is 0. The molecule has 0 unspecified atom stereocenters. The molecule has 72 valence electrons. The van der Waals surface area contributed by atoms with Crippen molar-refractivity contribution >= 4 is 26.0 Å². The van der Waals surface area contributed by atoms with Gasteiger partial charge in [-0.1, -0.05) is 22.0 Å². The first-order valence-corrected chi connectivity index (χ1v) is 5.99. The fraction of sp³-hybridized carbons (Fsp3) is 0.143. The number of alkyl halides is 1. The van der Waals surface area contributed by atoms with Gasteiger partial charge in [-0.15, -0.1) is 0 Å². The molecule has 13 heavy (non-hydrogen) atoms. The number of hydrogen-bond donors (Lipinski definition) is 1. The van der Waals surface area contributed by atoms with Gasteiger partial charge >= 0.3 is 0 Å². The molecular formula is C7H7BrFNO2S. The number of benzene rings is 1. The molecule has 0 fully saturated rings. The summed E-state index contributed by atoms with van der Waals surface area (Å²) in [4.78, 5) is -0.468. The van der Waals surface area contributed by atoms with Crippen LogP contribution in [-0.4, -0.2) is 8.42 Å². The molecule has 0 saturated carbocycles. The Bertz CT molecular complexity index is 419. The molecular weight excluding hydrogens is 261 g/mol. The molecule has 2 N–H and O–H groups in total. The number of hydrogen-bond acceptors (Lipinski definition) is 2. The molecule has 1 rings (SSSR count). The third-order valence-corrected chi connectivity index (χ3v) is 3.03. The Kier molecular flexibility index (Phi) is 3.05. The van der Waals surface area contributed by atoms with Crippen LogP contribution in [0.5, 0.6) is 0 Å². The van der Waals surface area contributed by atoms with Gasteiger partial charge < -0.3 is 0 Å². The van der Waals surface area contributed by atoms with Crippen molar-refractivity contribution in [3.05, 3.63) is 29.6 Å². The highest BCUT2D eigenvalue weighted by atomic mass is 79.9. The third-order valence-electron chi connectivity index (χ3n) is 1.46. The maximum Gasteiger partial charge on any atom is 0.240 e. The van der Waals surface area contributed by atoms with Crippen molar-refractivity contribution in [2.75, 3.05) is 0 Å². The first kappa shape index (κ1) is 10.6. The van der Waals surface area contributed by atoms with Gasteiger partial charge in [0, 0.05) is 5.33 Å². The zero-order valence-electron chi connectivity index (χ0n) is 6.50. The van der Waals surface area contributed by atoms with E-state index in [4.69, 9.17) is 5.14 Å². The number of sulfonamides is 1. The van der Waals surface area contributed by atoms with Gasteiger partial charge in [-0.05, 0) is 17.7 Å². The molecule has 0 spiro atoms.